The van der Waals surface area contributed by atoms with Gasteiger partial charge in [-0.3, -0.25) is 0 Å². The van der Waals surface area contributed by atoms with Crippen LogP contribution in [0, 0.1) is 5.82 Å². The van der Waals surface area contributed by atoms with E-state index in [1.807, 2.05) is 24.3 Å². The number of ether oxygens (including phenoxy) is 1. The standard InChI is InChI=1S/C15H13BrFNOS/c16-13-4-2-1-3-11(13)8-19-9-12-6-5-10(15(18)20)7-14(12)17/h1-7H,8-9H2,(H2,18,20). The van der Waals surface area contributed by atoms with E-state index in [9.17, 15) is 4.39 Å². The molecule has 5 heteroatoms. The molecule has 0 heterocycles. The molecule has 20 heavy (non-hydrogen) atoms. The fraction of sp³-hybridized carbons (Fsp3) is 0.133. The summed E-state index contributed by atoms with van der Waals surface area (Å²) < 4.78 is 20.3. The van der Waals surface area contributed by atoms with E-state index >= 15 is 0 Å². The Hall–Kier alpha value is -1.30. The molecule has 0 aliphatic carbocycles. The van der Waals surface area contributed by atoms with Gasteiger partial charge in [0.05, 0.1) is 13.2 Å². The maximum atomic E-state index is 13.8. The Morgan fingerprint density at radius 1 is 1.15 bits per heavy atom. The van der Waals surface area contributed by atoms with Gasteiger partial charge in [-0.05, 0) is 17.7 Å². The summed E-state index contributed by atoms with van der Waals surface area (Å²) in [6.07, 6.45) is 0. The van der Waals surface area contributed by atoms with Crippen molar-refractivity contribution in [2.75, 3.05) is 0 Å². The predicted octanol–water partition coefficient (Wildman–Crippen LogP) is 3.94. The van der Waals surface area contributed by atoms with Gasteiger partial charge in [0, 0.05) is 15.6 Å². The SMILES string of the molecule is NC(=S)c1ccc(COCc2ccccc2Br)c(F)c1. The summed E-state index contributed by atoms with van der Waals surface area (Å²) in [6, 6.07) is 12.4. The molecule has 0 unspecified atom stereocenters. The molecule has 0 aliphatic rings. The molecule has 104 valence electrons. The molecule has 0 spiro atoms. The fourth-order valence-electron chi connectivity index (χ4n) is 1.70. The molecule has 0 saturated carbocycles. The Morgan fingerprint density at radius 3 is 2.50 bits per heavy atom. The van der Waals surface area contributed by atoms with Gasteiger partial charge >= 0.3 is 0 Å². The molecule has 0 fully saturated rings. The molecule has 2 aromatic rings. The van der Waals surface area contributed by atoms with Crippen LogP contribution in [0.15, 0.2) is 46.9 Å². The van der Waals surface area contributed by atoms with Crippen molar-refractivity contribution >= 4 is 33.1 Å². The Balaban J connectivity index is 1.98. The van der Waals surface area contributed by atoms with Crippen molar-refractivity contribution in [3.05, 3.63) is 69.4 Å². The first-order valence-corrected chi connectivity index (χ1v) is 7.17. The van der Waals surface area contributed by atoms with Crippen LogP contribution in [0.2, 0.25) is 0 Å². The lowest BCUT2D eigenvalue weighted by Gasteiger charge is -2.08. The van der Waals surface area contributed by atoms with Gasteiger partial charge in [-0.1, -0.05) is 58.5 Å². The van der Waals surface area contributed by atoms with Crippen molar-refractivity contribution in [1.29, 1.82) is 0 Å². The third-order valence-electron chi connectivity index (χ3n) is 2.81. The molecule has 0 bridgehead atoms. The molecule has 0 radical (unpaired) electrons. The van der Waals surface area contributed by atoms with Gasteiger partial charge in [0.2, 0.25) is 0 Å². The van der Waals surface area contributed by atoms with Gasteiger partial charge in [-0.2, -0.15) is 0 Å². The third-order valence-corrected chi connectivity index (χ3v) is 3.82. The molecular weight excluding hydrogens is 341 g/mol. The summed E-state index contributed by atoms with van der Waals surface area (Å²) in [5, 5.41) is 0. The van der Waals surface area contributed by atoms with Crippen LogP contribution in [0.1, 0.15) is 16.7 Å². The Bertz CT molecular complexity index is 633. The molecule has 0 aromatic heterocycles. The highest BCUT2D eigenvalue weighted by Gasteiger charge is 2.06. The number of benzene rings is 2. The average molecular weight is 354 g/mol. The summed E-state index contributed by atoms with van der Waals surface area (Å²) in [5.74, 6) is -0.359. The molecule has 2 rings (SSSR count). The molecule has 2 N–H and O–H groups in total. The van der Waals surface area contributed by atoms with Gasteiger partial charge in [0.15, 0.2) is 0 Å². The molecular formula is C15H13BrFNOS. The zero-order valence-corrected chi connectivity index (χ0v) is 13.0. The maximum Gasteiger partial charge on any atom is 0.129 e. The number of hydrogen-bond acceptors (Lipinski definition) is 2. The van der Waals surface area contributed by atoms with Crippen LogP contribution in [-0.4, -0.2) is 4.99 Å². The summed E-state index contributed by atoms with van der Waals surface area (Å²) in [7, 11) is 0. The maximum absolute atomic E-state index is 13.8. The van der Waals surface area contributed by atoms with E-state index < -0.39 is 0 Å². The Morgan fingerprint density at radius 2 is 1.85 bits per heavy atom. The predicted molar refractivity (Wildman–Crippen MR) is 84.9 cm³/mol. The molecule has 0 amide bonds. The quantitative estimate of drug-likeness (QED) is 0.826. The average Bonchev–Trinajstić information content (AvgIpc) is 2.42. The summed E-state index contributed by atoms with van der Waals surface area (Å²) in [6.45, 7) is 0.614. The minimum absolute atomic E-state index is 0.185. The van der Waals surface area contributed by atoms with Crippen molar-refractivity contribution in [3.8, 4) is 0 Å². The minimum atomic E-state index is -0.359. The van der Waals surface area contributed by atoms with Gasteiger partial charge < -0.3 is 10.5 Å². The van der Waals surface area contributed by atoms with Crippen LogP contribution in [-0.2, 0) is 18.0 Å². The Labute approximate surface area is 130 Å². The van der Waals surface area contributed by atoms with Crippen LogP contribution in [0.25, 0.3) is 0 Å². The molecule has 0 atom stereocenters. The van der Waals surface area contributed by atoms with Crippen molar-refractivity contribution in [1.82, 2.24) is 0 Å². The van der Waals surface area contributed by atoms with Crippen LogP contribution >= 0.6 is 28.1 Å². The topological polar surface area (TPSA) is 35.2 Å². The van der Waals surface area contributed by atoms with Crippen LogP contribution in [0.5, 0.6) is 0 Å². The molecule has 2 aromatic carbocycles. The van der Waals surface area contributed by atoms with Crippen LogP contribution < -0.4 is 5.73 Å². The van der Waals surface area contributed by atoms with Crippen molar-refractivity contribution in [3.63, 3.8) is 0 Å². The first-order chi connectivity index (χ1) is 9.58. The molecule has 0 aliphatic heterocycles. The summed E-state index contributed by atoms with van der Waals surface area (Å²) in [5.41, 5.74) is 7.48. The van der Waals surface area contributed by atoms with Gasteiger partial charge in [-0.15, -0.1) is 0 Å². The monoisotopic (exact) mass is 353 g/mol. The second-order valence-electron chi connectivity index (χ2n) is 4.25. The highest BCUT2D eigenvalue weighted by molar-refractivity contribution is 9.10. The second kappa shape index (κ2) is 6.92. The highest BCUT2D eigenvalue weighted by atomic mass is 79.9. The Kier molecular flexibility index (Phi) is 5.23. The highest BCUT2D eigenvalue weighted by Crippen LogP contribution is 2.18. The molecule has 2 nitrogen and oxygen atoms in total. The largest absolute Gasteiger partial charge is 0.389 e. The number of halogens is 2. The first kappa shape index (κ1) is 15.1. The summed E-state index contributed by atoms with van der Waals surface area (Å²) in [4.78, 5) is 0.185. The smallest absolute Gasteiger partial charge is 0.129 e. The number of hydrogen-bond donors (Lipinski definition) is 1. The lowest BCUT2D eigenvalue weighted by Crippen LogP contribution is -2.10. The van der Waals surface area contributed by atoms with Gasteiger partial charge in [0.1, 0.15) is 10.8 Å². The first-order valence-electron chi connectivity index (χ1n) is 5.97. The van der Waals surface area contributed by atoms with Crippen LogP contribution in [0.3, 0.4) is 0 Å². The van der Waals surface area contributed by atoms with Gasteiger partial charge in [-0.25, -0.2) is 4.39 Å². The van der Waals surface area contributed by atoms with E-state index in [-0.39, 0.29) is 17.4 Å². The zero-order valence-electron chi connectivity index (χ0n) is 10.6. The van der Waals surface area contributed by atoms with E-state index in [4.69, 9.17) is 22.7 Å². The second-order valence-corrected chi connectivity index (χ2v) is 5.55. The van der Waals surface area contributed by atoms with Crippen molar-refractivity contribution < 1.29 is 9.13 Å². The molecule has 0 saturated heterocycles. The minimum Gasteiger partial charge on any atom is -0.389 e. The lowest BCUT2D eigenvalue weighted by atomic mass is 10.1. The van der Waals surface area contributed by atoms with E-state index in [0.717, 1.165) is 10.0 Å². The lowest BCUT2D eigenvalue weighted by molar-refractivity contribution is 0.104. The normalized spacial score (nSPS) is 10.5. The van der Waals surface area contributed by atoms with E-state index in [2.05, 4.69) is 15.9 Å². The number of rotatable bonds is 5. The summed E-state index contributed by atoms with van der Waals surface area (Å²) >= 11 is 8.25. The third kappa shape index (κ3) is 3.85. The van der Waals surface area contributed by atoms with E-state index in [1.165, 1.54) is 6.07 Å². The van der Waals surface area contributed by atoms with E-state index in [1.54, 1.807) is 12.1 Å². The zero-order chi connectivity index (χ0) is 14.5. The van der Waals surface area contributed by atoms with Crippen molar-refractivity contribution in [2.45, 2.75) is 13.2 Å². The van der Waals surface area contributed by atoms with Gasteiger partial charge in [0.25, 0.3) is 0 Å². The fourth-order valence-corrected chi connectivity index (χ4v) is 2.23. The van der Waals surface area contributed by atoms with Crippen LogP contribution in [0.4, 0.5) is 4.39 Å². The van der Waals surface area contributed by atoms with E-state index in [0.29, 0.717) is 17.7 Å². The van der Waals surface area contributed by atoms with Crippen molar-refractivity contribution in [2.24, 2.45) is 5.73 Å². The number of thiocarbonyl (C=S) groups is 1. The number of nitrogens with two attached hydrogens (primary N) is 1.